The minimum absolute atomic E-state index is 0. The van der Waals surface area contributed by atoms with Gasteiger partial charge in [0.15, 0.2) is 0 Å². The van der Waals surface area contributed by atoms with Gasteiger partial charge in [-0.2, -0.15) is 0 Å². The molecule has 0 radical (unpaired) electrons. The number of hydrogen-bond acceptors (Lipinski definition) is 5. The monoisotopic (exact) mass is 592 g/mol. The van der Waals surface area contributed by atoms with Crippen LogP contribution < -0.4 is 0 Å². The van der Waals surface area contributed by atoms with Crippen molar-refractivity contribution >= 4 is 31.9 Å². The normalized spacial score (nSPS) is 10.8. The minimum atomic E-state index is -0.167. The first kappa shape index (κ1) is 30.6. The van der Waals surface area contributed by atoms with E-state index in [1.807, 2.05) is 52.2 Å². The molecule has 0 amide bonds. The maximum Gasteiger partial charge on any atom is 4.00 e. The van der Waals surface area contributed by atoms with Gasteiger partial charge >= 0.3 is 21.7 Å². The molecule has 0 heterocycles. The number of hydrogen-bond donors (Lipinski definition) is 3. The average molecular weight is 594 g/mol. The van der Waals surface area contributed by atoms with Gasteiger partial charge in [-0.1, -0.05) is 12.1 Å². The molecule has 2 aromatic carbocycles. The average Bonchev–Trinajstić information content (AvgIpc) is 2.61. The molecule has 0 saturated carbocycles. The predicted octanol–water partition coefficient (Wildman–Crippen LogP) is 5.19. The van der Waals surface area contributed by atoms with E-state index in [0.29, 0.717) is 24.6 Å². The molecule has 0 atom stereocenters. The Kier molecular flexibility index (Phi) is 14.5. The van der Waals surface area contributed by atoms with Crippen LogP contribution in [0.1, 0.15) is 36.1 Å². The Morgan fingerprint density at radius 1 is 0.774 bits per heavy atom. The smallest absolute Gasteiger partial charge is 0.506 e. The number of rotatable bonds is 7. The van der Waals surface area contributed by atoms with Gasteiger partial charge in [-0.05, 0) is 96.9 Å². The first-order valence-corrected chi connectivity index (χ1v) is 11.5. The number of phenols is 2. The van der Waals surface area contributed by atoms with Crippen LogP contribution in [0.2, 0.25) is 0 Å². The third-order valence-corrected chi connectivity index (χ3v) is 5.53. The summed E-state index contributed by atoms with van der Waals surface area (Å²) in [6.45, 7) is 10.6. The second kappa shape index (κ2) is 14.7. The van der Waals surface area contributed by atoms with Crippen LogP contribution >= 0.6 is 31.9 Å². The van der Waals surface area contributed by atoms with Gasteiger partial charge in [0.05, 0.1) is 8.95 Å². The van der Waals surface area contributed by atoms with Gasteiger partial charge in [0.25, 0.3) is 0 Å². The number of aryl methyl sites for hydroxylation is 2. The van der Waals surface area contributed by atoms with E-state index in [4.69, 9.17) is 5.11 Å². The van der Waals surface area contributed by atoms with E-state index in [2.05, 4.69) is 41.7 Å². The van der Waals surface area contributed by atoms with Gasteiger partial charge in [0.1, 0.15) is 11.5 Å². The SMILES string of the molecule is CC(C)O.Cc1cc(Br)c(O)c(CN(C)CCN(C)Cc2cc(C)cc(Br)c2O)c1.[Ti+4]. The molecule has 0 aliphatic carbocycles. The second-order valence-corrected chi connectivity index (χ2v) is 9.79. The van der Waals surface area contributed by atoms with Gasteiger partial charge in [-0.25, -0.2) is 0 Å². The molecule has 0 aliphatic rings. The Morgan fingerprint density at radius 3 is 1.35 bits per heavy atom. The number of aliphatic hydroxyl groups excluding tert-OH is 1. The Morgan fingerprint density at radius 2 is 1.06 bits per heavy atom. The van der Waals surface area contributed by atoms with E-state index in [9.17, 15) is 10.2 Å². The molecule has 0 aromatic heterocycles. The molecule has 0 saturated heterocycles. The predicted molar refractivity (Wildman–Crippen MR) is 131 cm³/mol. The molecule has 0 aliphatic heterocycles. The standard InChI is InChI=1S/C20H26Br2N2O2.C3H8O.Ti/c1-13-7-15(19(25)17(21)9-13)11-23(3)5-6-24(4)12-16-8-14(2)10-18(22)20(16)26;1-3(2)4;/h7-10,25-26H,5-6,11-12H2,1-4H3;3-4H,1-2H3;/q;;+4. The molecular weight excluding hydrogens is 560 g/mol. The first-order valence-electron chi connectivity index (χ1n) is 9.91. The van der Waals surface area contributed by atoms with Crippen molar-refractivity contribution < 1.29 is 37.0 Å². The number of aliphatic hydroxyl groups is 1. The van der Waals surface area contributed by atoms with Crippen LogP contribution in [-0.4, -0.2) is 58.4 Å². The molecule has 0 spiro atoms. The summed E-state index contributed by atoms with van der Waals surface area (Å²) in [7, 11) is 4.09. The largest absolute Gasteiger partial charge is 4.00 e. The molecule has 0 fully saturated rings. The third kappa shape index (κ3) is 11.3. The molecule has 168 valence electrons. The fourth-order valence-corrected chi connectivity index (χ4v) is 4.17. The molecule has 31 heavy (non-hydrogen) atoms. The number of aromatic hydroxyl groups is 2. The Labute approximate surface area is 218 Å². The van der Waals surface area contributed by atoms with E-state index >= 15 is 0 Å². The topological polar surface area (TPSA) is 67.2 Å². The van der Waals surface area contributed by atoms with Crippen molar-refractivity contribution in [3.8, 4) is 11.5 Å². The minimum Gasteiger partial charge on any atom is -0.506 e. The van der Waals surface area contributed by atoms with E-state index in [0.717, 1.165) is 44.3 Å². The zero-order chi connectivity index (χ0) is 23.0. The fourth-order valence-electron chi connectivity index (χ4n) is 2.94. The summed E-state index contributed by atoms with van der Waals surface area (Å²) in [5, 5.41) is 28.5. The summed E-state index contributed by atoms with van der Waals surface area (Å²) in [5.41, 5.74) is 4.08. The van der Waals surface area contributed by atoms with Crippen molar-refractivity contribution in [2.75, 3.05) is 27.2 Å². The summed E-state index contributed by atoms with van der Waals surface area (Å²) in [4.78, 5) is 4.37. The van der Waals surface area contributed by atoms with Crippen LogP contribution in [0.15, 0.2) is 33.2 Å². The van der Waals surface area contributed by atoms with Crippen molar-refractivity contribution in [2.45, 2.75) is 46.9 Å². The summed E-state index contributed by atoms with van der Waals surface area (Å²) in [5.74, 6) is 0.621. The third-order valence-electron chi connectivity index (χ3n) is 4.32. The van der Waals surface area contributed by atoms with Gasteiger partial charge in [0, 0.05) is 43.4 Å². The van der Waals surface area contributed by atoms with Crippen LogP contribution in [0.5, 0.6) is 11.5 Å². The molecule has 5 nitrogen and oxygen atoms in total. The Hall–Kier alpha value is -0.406. The number of benzene rings is 2. The number of halogens is 2. The van der Waals surface area contributed by atoms with Crippen molar-refractivity contribution in [3.05, 3.63) is 55.5 Å². The second-order valence-electron chi connectivity index (χ2n) is 8.08. The number of likely N-dealkylation sites (N-methyl/N-ethyl adjacent to an activating group) is 2. The molecular formula is C23H34Br2N2O3Ti+4. The van der Waals surface area contributed by atoms with Gasteiger partial charge in [-0.15, -0.1) is 0 Å². The maximum absolute atomic E-state index is 10.2. The van der Waals surface area contributed by atoms with Crippen LogP contribution in [0, 0.1) is 13.8 Å². The fraction of sp³-hybridized carbons (Fsp3) is 0.478. The van der Waals surface area contributed by atoms with Crippen molar-refractivity contribution in [3.63, 3.8) is 0 Å². The van der Waals surface area contributed by atoms with Crippen LogP contribution in [0.3, 0.4) is 0 Å². The van der Waals surface area contributed by atoms with Crippen LogP contribution in [0.25, 0.3) is 0 Å². The molecule has 2 aromatic rings. The van der Waals surface area contributed by atoms with E-state index in [-0.39, 0.29) is 27.8 Å². The van der Waals surface area contributed by atoms with E-state index < -0.39 is 0 Å². The molecule has 0 unspecified atom stereocenters. The van der Waals surface area contributed by atoms with Crippen molar-refractivity contribution in [1.82, 2.24) is 9.80 Å². The van der Waals surface area contributed by atoms with Gasteiger partial charge in [-0.3, -0.25) is 0 Å². The van der Waals surface area contributed by atoms with Gasteiger partial charge in [0.2, 0.25) is 0 Å². The Balaban J connectivity index is 0.00000165. The molecule has 0 bridgehead atoms. The zero-order valence-corrected chi connectivity index (χ0v) is 23.9. The maximum atomic E-state index is 10.2. The van der Waals surface area contributed by atoms with E-state index in [1.165, 1.54) is 0 Å². The number of nitrogens with zero attached hydrogens (tertiary/aromatic N) is 2. The van der Waals surface area contributed by atoms with E-state index in [1.54, 1.807) is 13.8 Å². The number of phenolic OH excluding ortho intramolecular Hbond substituents is 2. The van der Waals surface area contributed by atoms with Gasteiger partial charge < -0.3 is 25.1 Å². The molecule has 8 heteroatoms. The molecule has 3 N–H and O–H groups in total. The summed E-state index contributed by atoms with van der Waals surface area (Å²) in [6, 6.07) is 7.86. The quantitative estimate of drug-likeness (QED) is 0.386. The zero-order valence-electron chi connectivity index (χ0n) is 19.2. The molecule has 2 rings (SSSR count). The first-order chi connectivity index (χ1) is 13.9. The van der Waals surface area contributed by atoms with Crippen LogP contribution in [-0.2, 0) is 34.8 Å². The Bertz CT molecular complexity index is 767. The van der Waals surface area contributed by atoms with Crippen molar-refractivity contribution in [2.24, 2.45) is 0 Å². The summed E-state index contributed by atoms with van der Waals surface area (Å²) < 4.78 is 1.47. The summed E-state index contributed by atoms with van der Waals surface area (Å²) >= 11 is 6.80. The van der Waals surface area contributed by atoms with Crippen molar-refractivity contribution in [1.29, 1.82) is 0 Å². The summed E-state index contributed by atoms with van der Waals surface area (Å²) in [6.07, 6.45) is -0.167. The van der Waals surface area contributed by atoms with Crippen LogP contribution in [0.4, 0.5) is 0 Å².